The van der Waals surface area contributed by atoms with Crippen LogP contribution >= 0.6 is 0 Å². The van der Waals surface area contributed by atoms with Crippen molar-refractivity contribution >= 4 is 17.0 Å². The number of halogens is 1. The third-order valence-electron chi connectivity index (χ3n) is 4.54. The van der Waals surface area contributed by atoms with Gasteiger partial charge in [-0.1, -0.05) is 30.3 Å². The van der Waals surface area contributed by atoms with Gasteiger partial charge >= 0.3 is 0 Å². The van der Waals surface area contributed by atoms with Gasteiger partial charge < -0.3 is 9.47 Å². The summed E-state index contributed by atoms with van der Waals surface area (Å²) in [5.74, 6) is -0.184. The van der Waals surface area contributed by atoms with Crippen LogP contribution in [0.4, 0.5) is 4.39 Å². The lowest BCUT2D eigenvalue weighted by molar-refractivity contribution is 0.349. The van der Waals surface area contributed by atoms with Crippen molar-refractivity contribution in [1.29, 1.82) is 0 Å². The van der Waals surface area contributed by atoms with Crippen LogP contribution in [0, 0.1) is 5.82 Å². The van der Waals surface area contributed by atoms with Crippen LogP contribution in [0.5, 0.6) is 0 Å². The van der Waals surface area contributed by atoms with E-state index in [0.717, 1.165) is 25.2 Å². The highest BCUT2D eigenvalue weighted by atomic mass is 19.1. The molecule has 0 unspecified atom stereocenters. The van der Waals surface area contributed by atoms with Gasteiger partial charge in [-0.25, -0.2) is 4.39 Å². The minimum absolute atomic E-state index is 0.184. The van der Waals surface area contributed by atoms with E-state index >= 15 is 0 Å². The van der Waals surface area contributed by atoms with Crippen molar-refractivity contribution < 1.29 is 4.39 Å². The van der Waals surface area contributed by atoms with E-state index in [1.54, 1.807) is 0 Å². The molecule has 0 aliphatic carbocycles. The molecule has 0 bridgehead atoms. The molecule has 0 N–H and O–H groups in total. The number of hydrogen-bond acceptors (Lipinski definition) is 1. The van der Waals surface area contributed by atoms with Crippen LogP contribution in [0.3, 0.4) is 0 Å². The number of hydrogen-bond donors (Lipinski definition) is 0. The number of fused-ring (bicyclic) bond motifs is 3. The number of benzene rings is 2. The van der Waals surface area contributed by atoms with Gasteiger partial charge in [0.05, 0.1) is 6.54 Å². The highest BCUT2D eigenvalue weighted by Crippen LogP contribution is 2.31. The molecular weight excluding hydrogens is 287 g/mol. The predicted molar refractivity (Wildman–Crippen MR) is 92.3 cm³/mol. The Morgan fingerprint density at radius 1 is 1.04 bits per heavy atom. The third-order valence-corrected chi connectivity index (χ3v) is 4.54. The lowest BCUT2D eigenvalue weighted by Crippen LogP contribution is -2.21. The summed E-state index contributed by atoms with van der Waals surface area (Å²) in [4.78, 5) is 2.28. The molecule has 116 valence electrons. The number of rotatable bonds is 3. The van der Waals surface area contributed by atoms with Gasteiger partial charge in [0.15, 0.2) is 0 Å². The normalized spacial score (nSPS) is 13.6. The monoisotopic (exact) mass is 306 g/mol. The second kappa shape index (κ2) is 5.58. The standard InChI is InChI=1S/C20H19FN2/c1-2-23-19-6-4-3-5-17(19)18-11-12-22(14-20(18)23)13-15-7-9-16(21)10-8-15/h3-12H,2,13-14H2,1H3. The van der Waals surface area contributed by atoms with Gasteiger partial charge in [0.2, 0.25) is 0 Å². The number of aryl methyl sites for hydroxylation is 1. The predicted octanol–water partition coefficient (Wildman–Crippen LogP) is 4.79. The van der Waals surface area contributed by atoms with E-state index in [9.17, 15) is 4.39 Å². The Kier molecular flexibility index (Phi) is 3.41. The van der Waals surface area contributed by atoms with Crippen LogP contribution in [0.2, 0.25) is 0 Å². The van der Waals surface area contributed by atoms with Crippen molar-refractivity contribution in [3.63, 3.8) is 0 Å². The molecule has 3 heteroatoms. The number of nitrogens with zero attached hydrogens (tertiary/aromatic N) is 2. The number of para-hydroxylation sites is 1. The third kappa shape index (κ3) is 2.42. The van der Waals surface area contributed by atoms with Gasteiger partial charge in [0.25, 0.3) is 0 Å². The fourth-order valence-electron chi connectivity index (χ4n) is 3.46. The van der Waals surface area contributed by atoms with E-state index in [1.807, 2.05) is 12.1 Å². The lowest BCUT2D eigenvalue weighted by Gasteiger charge is -2.25. The van der Waals surface area contributed by atoms with Crippen LogP contribution in [0.1, 0.15) is 23.7 Å². The first-order valence-corrected chi connectivity index (χ1v) is 8.03. The molecule has 0 saturated carbocycles. The van der Waals surface area contributed by atoms with E-state index in [4.69, 9.17) is 0 Å². The molecule has 0 spiro atoms. The lowest BCUT2D eigenvalue weighted by atomic mass is 10.1. The molecule has 2 nitrogen and oxygen atoms in total. The second-order valence-corrected chi connectivity index (χ2v) is 5.97. The fraction of sp³-hybridized carbons (Fsp3) is 0.200. The molecule has 2 aromatic carbocycles. The smallest absolute Gasteiger partial charge is 0.123 e. The van der Waals surface area contributed by atoms with Crippen molar-refractivity contribution in [3.05, 3.63) is 77.4 Å². The minimum atomic E-state index is -0.184. The van der Waals surface area contributed by atoms with Crippen LogP contribution in [-0.4, -0.2) is 9.47 Å². The van der Waals surface area contributed by atoms with Gasteiger partial charge in [0.1, 0.15) is 5.82 Å². The molecule has 2 heterocycles. The largest absolute Gasteiger partial charge is 0.367 e. The van der Waals surface area contributed by atoms with Crippen LogP contribution in [-0.2, 0) is 19.6 Å². The van der Waals surface area contributed by atoms with Gasteiger partial charge in [-0.3, -0.25) is 0 Å². The Bertz CT molecular complexity index is 875. The molecule has 0 atom stereocenters. The maximum Gasteiger partial charge on any atom is 0.123 e. The molecule has 1 aliphatic heterocycles. The first kappa shape index (κ1) is 14.1. The molecule has 1 aromatic heterocycles. The summed E-state index contributed by atoms with van der Waals surface area (Å²) in [7, 11) is 0. The average molecular weight is 306 g/mol. The summed E-state index contributed by atoms with van der Waals surface area (Å²) >= 11 is 0. The van der Waals surface area contributed by atoms with Crippen LogP contribution in [0.25, 0.3) is 17.0 Å². The van der Waals surface area contributed by atoms with Crippen molar-refractivity contribution in [2.75, 3.05) is 0 Å². The summed E-state index contributed by atoms with van der Waals surface area (Å²) in [6.45, 7) is 4.83. The molecule has 0 radical (unpaired) electrons. The molecule has 1 aliphatic rings. The summed E-state index contributed by atoms with van der Waals surface area (Å²) < 4.78 is 15.4. The molecule has 0 amide bonds. The Labute approximate surface area is 135 Å². The molecule has 0 fully saturated rings. The Balaban J connectivity index is 1.68. The van der Waals surface area contributed by atoms with Gasteiger partial charge in [-0.2, -0.15) is 0 Å². The molecule has 3 aromatic rings. The summed E-state index contributed by atoms with van der Waals surface area (Å²) in [5, 5.41) is 1.32. The molecule has 4 rings (SSSR count). The van der Waals surface area contributed by atoms with Crippen LogP contribution < -0.4 is 0 Å². The van der Waals surface area contributed by atoms with Crippen molar-refractivity contribution in [2.24, 2.45) is 0 Å². The zero-order valence-electron chi connectivity index (χ0n) is 13.2. The number of aromatic nitrogens is 1. The highest BCUT2D eigenvalue weighted by Gasteiger charge is 2.19. The first-order chi connectivity index (χ1) is 11.3. The van der Waals surface area contributed by atoms with Gasteiger partial charge in [-0.05, 0) is 36.8 Å². The van der Waals surface area contributed by atoms with E-state index in [1.165, 1.54) is 34.3 Å². The van der Waals surface area contributed by atoms with Gasteiger partial charge in [-0.15, -0.1) is 0 Å². The Hall–Kier alpha value is -2.55. The summed E-state index contributed by atoms with van der Waals surface area (Å²) in [6, 6.07) is 15.3. The van der Waals surface area contributed by atoms with E-state index < -0.39 is 0 Å². The summed E-state index contributed by atoms with van der Waals surface area (Å²) in [5.41, 5.74) is 5.11. The average Bonchev–Trinajstić information content (AvgIpc) is 2.90. The molecule has 23 heavy (non-hydrogen) atoms. The van der Waals surface area contributed by atoms with Crippen molar-refractivity contribution in [1.82, 2.24) is 9.47 Å². The molecular formula is C20H19FN2. The SMILES string of the molecule is CCn1c2c(c3ccccc31)C=CN(Cc1ccc(F)cc1)C2. The van der Waals surface area contributed by atoms with E-state index in [-0.39, 0.29) is 5.82 Å². The first-order valence-electron chi connectivity index (χ1n) is 8.03. The quantitative estimate of drug-likeness (QED) is 0.675. The zero-order valence-corrected chi connectivity index (χ0v) is 13.2. The molecule has 0 saturated heterocycles. The maximum atomic E-state index is 13.0. The minimum Gasteiger partial charge on any atom is -0.367 e. The second-order valence-electron chi connectivity index (χ2n) is 5.97. The van der Waals surface area contributed by atoms with E-state index in [2.05, 4.69) is 52.9 Å². The zero-order chi connectivity index (χ0) is 15.8. The Morgan fingerprint density at radius 2 is 1.83 bits per heavy atom. The van der Waals surface area contributed by atoms with Gasteiger partial charge in [0, 0.05) is 41.4 Å². The maximum absolute atomic E-state index is 13.0. The Morgan fingerprint density at radius 3 is 2.61 bits per heavy atom. The van der Waals surface area contributed by atoms with Crippen molar-refractivity contribution in [3.8, 4) is 0 Å². The highest BCUT2D eigenvalue weighted by molar-refractivity contribution is 5.91. The van der Waals surface area contributed by atoms with Crippen molar-refractivity contribution in [2.45, 2.75) is 26.6 Å². The van der Waals surface area contributed by atoms with E-state index in [0.29, 0.717) is 0 Å². The topological polar surface area (TPSA) is 8.17 Å². The summed E-state index contributed by atoms with van der Waals surface area (Å²) in [6.07, 6.45) is 4.36. The fourth-order valence-corrected chi connectivity index (χ4v) is 3.46. The van der Waals surface area contributed by atoms with Crippen LogP contribution in [0.15, 0.2) is 54.7 Å².